The van der Waals surface area contributed by atoms with E-state index in [1.165, 1.54) is 12.0 Å². The number of anilines is 1. The van der Waals surface area contributed by atoms with Gasteiger partial charge >= 0.3 is 0 Å². The molecule has 1 fully saturated rings. The van der Waals surface area contributed by atoms with Gasteiger partial charge in [-0.3, -0.25) is 14.4 Å². The molecule has 0 saturated heterocycles. The molecule has 10 heteroatoms. The Balaban J connectivity index is 1.34. The van der Waals surface area contributed by atoms with Crippen LogP contribution in [-0.2, 0) is 27.2 Å². The van der Waals surface area contributed by atoms with Crippen LogP contribution in [0.2, 0.25) is 0 Å². The van der Waals surface area contributed by atoms with Crippen molar-refractivity contribution in [1.29, 1.82) is 0 Å². The number of nitrogens with zero attached hydrogens (tertiary/aromatic N) is 2. The fraction of sp³-hybridized carbons (Fsp3) is 0.303. The third kappa shape index (κ3) is 7.02. The van der Waals surface area contributed by atoms with Gasteiger partial charge in [0, 0.05) is 47.9 Å². The highest BCUT2D eigenvalue weighted by Crippen LogP contribution is 2.29. The summed E-state index contributed by atoms with van der Waals surface area (Å²) < 4.78 is 33.2. The third-order valence-electron chi connectivity index (χ3n) is 7.76. The highest BCUT2D eigenvalue weighted by atomic mass is 19.1. The van der Waals surface area contributed by atoms with Gasteiger partial charge in [-0.1, -0.05) is 18.2 Å². The van der Waals surface area contributed by atoms with Crippen LogP contribution >= 0.6 is 0 Å². The van der Waals surface area contributed by atoms with Crippen molar-refractivity contribution in [2.75, 3.05) is 25.6 Å². The topological polar surface area (TPSA) is 94.7 Å². The maximum atomic E-state index is 14.0. The number of likely N-dealkylation sites (N-methyl/N-ethyl adjacent to an activating group) is 1. The molecule has 1 aliphatic carbocycles. The van der Waals surface area contributed by atoms with E-state index in [4.69, 9.17) is 4.74 Å². The minimum absolute atomic E-state index is 0.0581. The molecule has 224 valence electrons. The molecule has 3 aromatic carbocycles. The quantitative estimate of drug-likeness (QED) is 0.266. The van der Waals surface area contributed by atoms with E-state index in [1.807, 2.05) is 31.2 Å². The van der Waals surface area contributed by atoms with Gasteiger partial charge < -0.3 is 24.8 Å². The molecule has 4 aromatic rings. The second-order valence-corrected chi connectivity index (χ2v) is 10.9. The molecule has 1 saturated carbocycles. The summed E-state index contributed by atoms with van der Waals surface area (Å²) >= 11 is 0. The number of amides is 3. The first-order chi connectivity index (χ1) is 20.6. The minimum Gasteiger partial charge on any atom is -0.497 e. The number of aromatic amines is 1. The first-order valence-electron chi connectivity index (χ1n) is 14.1. The zero-order chi connectivity index (χ0) is 30.7. The van der Waals surface area contributed by atoms with Crippen LogP contribution in [0.5, 0.6) is 5.75 Å². The number of hydrogen-bond acceptors (Lipinski definition) is 4. The first-order valence-corrected chi connectivity index (χ1v) is 14.1. The summed E-state index contributed by atoms with van der Waals surface area (Å²) in [5, 5.41) is 3.71. The summed E-state index contributed by atoms with van der Waals surface area (Å²) in [6.07, 6.45) is 1.56. The van der Waals surface area contributed by atoms with Crippen molar-refractivity contribution in [3.8, 4) is 5.75 Å². The van der Waals surface area contributed by atoms with E-state index < -0.39 is 29.5 Å². The molecule has 1 unspecified atom stereocenters. The molecule has 0 spiro atoms. The molecule has 1 atom stereocenters. The van der Waals surface area contributed by atoms with E-state index >= 15 is 0 Å². The lowest BCUT2D eigenvalue weighted by molar-refractivity contribution is -0.136. The van der Waals surface area contributed by atoms with Crippen LogP contribution in [0.1, 0.15) is 29.7 Å². The molecule has 2 N–H and O–H groups in total. The van der Waals surface area contributed by atoms with Crippen LogP contribution in [0, 0.1) is 18.6 Å². The molecule has 0 aliphatic heterocycles. The lowest BCUT2D eigenvalue weighted by atomic mass is 10.0. The second-order valence-electron chi connectivity index (χ2n) is 10.9. The molecule has 43 heavy (non-hydrogen) atoms. The van der Waals surface area contributed by atoms with Gasteiger partial charge in [0.2, 0.25) is 17.7 Å². The fourth-order valence-corrected chi connectivity index (χ4v) is 5.35. The average molecular weight is 589 g/mol. The number of carbonyl (C=O) groups excluding carboxylic acids is 3. The van der Waals surface area contributed by atoms with Gasteiger partial charge in [0.1, 0.15) is 23.4 Å². The molecule has 5 rings (SSSR count). The van der Waals surface area contributed by atoms with Crippen LogP contribution in [0.4, 0.5) is 14.5 Å². The molecule has 8 nitrogen and oxygen atoms in total. The number of benzene rings is 3. The summed E-state index contributed by atoms with van der Waals surface area (Å²) in [6.45, 7) is 1.68. The number of para-hydroxylation sites is 1. The van der Waals surface area contributed by atoms with Crippen molar-refractivity contribution >= 4 is 34.3 Å². The van der Waals surface area contributed by atoms with Crippen molar-refractivity contribution in [1.82, 2.24) is 15.2 Å². The summed E-state index contributed by atoms with van der Waals surface area (Å²) in [7, 11) is 3.09. The zero-order valence-corrected chi connectivity index (χ0v) is 24.3. The number of ether oxygens (including phenoxy) is 1. The first kappa shape index (κ1) is 29.8. The average Bonchev–Trinajstić information content (AvgIpc) is 3.78. The Bertz CT molecular complexity index is 1630. The minimum atomic E-state index is -1.15. The maximum Gasteiger partial charge on any atom is 0.249 e. The smallest absolute Gasteiger partial charge is 0.249 e. The lowest BCUT2D eigenvalue weighted by Crippen LogP contribution is -2.52. The van der Waals surface area contributed by atoms with E-state index in [1.54, 1.807) is 36.2 Å². The van der Waals surface area contributed by atoms with Gasteiger partial charge in [0.25, 0.3) is 0 Å². The SMILES string of the molecule is COc1ccc(N(C)C(=O)C(Cc2cc(F)cc(F)c2)NC(=O)CN(C(=O)Cc2c(C)[nH]c3ccccc23)C2CC2)cc1. The van der Waals surface area contributed by atoms with Crippen molar-refractivity contribution in [2.45, 2.75) is 44.7 Å². The number of rotatable bonds is 11. The molecular weight excluding hydrogens is 554 g/mol. The van der Waals surface area contributed by atoms with Crippen molar-refractivity contribution < 1.29 is 27.9 Å². The van der Waals surface area contributed by atoms with Crippen LogP contribution in [-0.4, -0.2) is 60.4 Å². The predicted molar refractivity (Wildman–Crippen MR) is 160 cm³/mol. The van der Waals surface area contributed by atoms with Gasteiger partial charge in [0.15, 0.2) is 0 Å². The third-order valence-corrected chi connectivity index (χ3v) is 7.76. The Hall–Kier alpha value is -4.73. The van der Waals surface area contributed by atoms with Gasteiger partial charge in [-0.2, -0.15) is 0 Å². The Labute approximate surface area is 248 Å². The van der Waals surface area contributed by atoms with Crippen molar-refractivity contribution in [2.24, 2.45) is 0 Å². The van der Waals surface area contributed by atoms with Gasteiger partial charge in [-0.25, -0.2) is 8.78 Å². The number of halogens is 2. The van der Waals surface area contributed by atoms with E-state index in [9.17, 15) is 23.2 Å². The van der Waals surface area contributed by atoms with Gasteiger partial charge in [-0.05, 0) is 73.4 Å². The number of nitrogens with one attached hydrogen (secondary N) is 2. The highest BCUT2D eigenvalue weighted by Gasteiger charge is 2.35. The molecule has 0 radical (unpaired) electrons. The Morgan fingerprint density at radius 1 is 1.02 bits per heavy atom. The number of carbonyl (C=O) groups is 3. The monoisotopic (exact) mass is 588 g/mol. The van der Waals surface area contributed by atoms with Crippen LogP contribution in [0.15, 0.2) is 66.7 Å². The van der Waals surface area contributed by atoms with Crippen LogP contribution < -0.4 is 15.0 Å². The number of methoxy groups -OCH3 is 1. The summed E-state index contributed by atoms with van der Waals surface area (Å²) in [5.74, 6) is -2.16. The summed E-state index contributed by atoms with van der Waals surface area (Å²) in [4.78, 5) is 46.8. The normalized spacial score (nSPS) is 13.4. The number of aryl methyl sites for hydroxylation is 1. The molecule has 1 aliphatic rings. The second kappa shape index (κ2) is 12.6. The molecule has 1 heterocycles. The van der Waals surface area contributed by atoms with Crippen molar-refractivity contribution in [3.05, 3.63) is 95.2 Å². The van der Waals surface area contributed by atoms with E-state index in [0.717, 1.165) is 53.2 Å². The highest BCUT2D eigenvalue weighted by molar-refractivity contribution is 5.99. The van der Waals surface area contributed by atoms with Crippen LogP contribution in [0.25, 0.3) is 10.9 Å². The standard InChI is InChI=1S/C33H34F2N4O4/c1-20-28(27-6-4-5-7-29(27)36-20)18-32(41)39(25-8-9-25)19-31(40)37-30(16-21-14-22(34)17-23(35)15-21)33(42)38(2)24-10-12-26(43-3)13-11-24/h4-7,10-15,17,25,30,36H,8-9,16,18-19H2,1-3H3,(H,37,40). The molecular formula is C33H34F2N4O4. The molecule has 0 bridgehead atoms. The number of H-pyrrole nitrogens is 1. The number of hydrogen-bond donors (Lipinski definition) is 2. The van der Waals surface area contributed by atoms with Crippen LogP contribution in [0.3, 0.4) is 0 Å². The zero-order valence-electron chi connectivity index (χ0n) is 24.3. The Kier molecular flexibility index (Phi) is 8.75. The van der Waals surface area contributed by atoms with Gasteiger partial charge in [0.05, 0.1) is 20.1 Å². The lowest BCUT2D eigenvalue weighted by Gasteiger charge is -2.27. The summed E-state index contributed by atoms with van der Waals surface area (Å²) in [5.41, 5.74) is 3.47. The fourth-order valence-electron chi connectivity index (χ4n) is 5.35. The predicted octanol–water partition coefficient (Wildman–Crippen LogP) is 4.69. The summed E-state index contributed by atoms with van der Waals surface area (Å²) in [6, 6.07) is 16.3. The maximum absolute atomic E-state index is 14.0. The van der Waals surface area contributed by atoms with Crippen molar-refractivity contribution in [3.63, 3.8) is 0 Å². The van der Waals surface area contributed by atoms with Gasteiger partial charge in [-0.15, -0.1) is 0 Å². The number of aromatic nitrogens is 1. The Morgan fingerprint density at radius 2 is 1.70 bits per heavy atom. The van der Waals surface area contributed by atoms with E-state index in [2.05, 4.69) is 10.3 Å². The number of fused-ring (bicyclic) bond motifs is 1. The van der Waals surface area contributed by atoms with E-state index in [-0.39, 0.29) is 36.9 Å². The largest absolute Gasteiger partial charge is 0.497 e. The Morgan fingerprint density at radius 3 is 2.35 bits per heavy atom. The van der Waals surface area contributed by atoms with E-state index in [0.29, 0.717) is 11.4 Å². The molecule has 1 aromatic heterocycles. The molecule has 3 amide bonds.